The molecule has 0 N–H and O–H groups in total. The van der Waals surface area contributed by atoms with Gasteiger partial charge in [-0.1, -0.05) is 117 Å². The highest BCUT2D eigenvalue weighted by Gasteiger charge is 2.26. The van der Waals surface area contributed by atoms with E-state index in [1.807, 2.05) is 0 Å². The summed E-state index contributed by atoms with van der Waals surface area (Å²) in [6, 6.07) is 17.0. The van der Waals surface area contributed by atoms with Gasteiger partial charge in [-0.25, -0.2) is 0 Å². The lowest BCUT2D eigenvalue weighted by molar-refractivity contribution is 0.292. The summed E-state index contributed by atoms with van der Waals surface area (Å²) in [4.78, 5) is 2.34. The van der Waals surface area contributed by atoms with Crippen LogP contribution < -0.4 is 18.9 Å². The Kier molecular flexibility index (Phi) is 20.1. The van der Waals surface area contributed by atoms with Crippen LogP contribution in [-0.4, -0.2) is 26.4 Å². The van der Waals surface area contributed by atoms with Crippen LogP contribution >= 0.6 is 54.5 Å². The van der Waals surface area contributed by atoms with Gasteiger partial charge in [0.25, 0.3) is 0 Å². The number of halogens is 2. The Morgan fingerprint density at radius 1 is 0.423 bits per heavy atom. The van der Waals surface area contributed by atoms with E-state index in [9.17, 15) is 0 Å². The Morgan fingerprint density at radius 3 is 0.981 bits per heavy atom. The Morgan fingerprint density at radius 2 is 0.712 bits per heavy atom. The molecule has 8 heteroatoms. The molecule has 52 heavy (non-hydrogen) atoms. The fraction of sp³-hybridized carbons (Fsp3) is 0.545. The van der Waals surface area contributed by atoms with Gasteiger partial charge in [0.15, 0.2) is 0 Å². The third-order valence-electron chi connectivity index (χ3n) is 9.15. The standard InChI is InChI=1S/C44H60Br2O4S2/c1-5-9-13-17-27-47-35-23-21-24-36(48-28-18-14-10-6-2)41(35)33-31-39(45)51-43(33)44-34(32-40(46)52-44)42-37(49-29-19-15-11-7-3)25-22-26-38(42)50-30-20-16-12-8-4/h21-26,31-32H,5-20,27-30H2,1-4H3. The summed E-state index contributed by atoms with van der Waals surface area (Å²) in [5, 5.41) is 0. The Hall–Kier alpha value is -2.00. The summed E-state index contributed by atoms with van der Waals surface area (Å²) in [6.45, 7) is 11.7. The van der Waals surface area contributed by atoms with Gasteiger partial charge in [-0.3, -0.25) is 0 Å². The van der Waals surface area contributed by atoms with E-state index in [1.54, 1.807) is 22.7 Å². The summed E-state index contributed by atoms with van der Waals surface area (Å²) in [6.07, 6.45) is 18.5. The molecule has 0 fully saturated rings. The first-order valence-electron chi connectivity index (χ1n) is 19.9. The highest BCUT2D eigenvalue weighted by Crippen LogP contribution is 2.55. The van der Waals surface area contributed by atoms with E-state index >= 15 is 0 Å². The Balaban J connectivity index is 1.79. The minimum atomic E-state index is 0.686. The number of rotatable bonds is 27. The number of hydrogen-bond donors (Lipinski definition) is 0. The topological polar surface area (TPSA) is 36.9 Å². The molecule has 4 aromatic rings. The van der Waals surface area contributed by atoms with Crippen molar-refractivity contribution in [2.75, 3.05) is 26.4 Å². The monoisotopic (exact) mass is 874 g/mol. The number of ether oxygens (including phenoxy) is 4. The first-order valence-corrected chi connectivity index (χ1v) is 23.1. The molecule has 0 bridgehead atoms. The lowest BCUT2D eigenvalue weighted by Crippen LogP contribution is -2.03. The number of thiophene rings is 2. The molecule has 2 aromatic carbocycles. The van der Waals surface area contributed by atoms with Crippen molar-refractivity contribution < 1.29 is 18.9 Å². The predicted octanol–water partition coefficient (Wildman–Crippen LogP) is 16.2. The van der Waals surface area contributed by atoms with Crippen molar-refractivity contribution in [3.8, 4) is 55.0 Å². The average Bonchev–Trinajstić information content (AvgIpc) is 3.72. The van der Waals surface area contributed by atoms with Crippen molar-refractivity contribution in [1.82, 2.24) is 0 Å². The molecule has 0 unspecified atom stereocenters. The molecule has 0 aliphatic heterocycles. The van der Waals surface area contributed by atoms with Gasteiger partial charge in [-0.2, -0.15) is 0 Å². The summed E-state index contributed by atoms with van der Waals surface area (Å²) in [5.74, 6) is 3.49. The molecule has 0 aliphatic rings. The van der Waals surface area contributed by atoms with E-state index in [1.165, 1.54) is 86.8 Å². The van der Waals surface area contributed by atoms with Crippen LogP contribution in [-0.2, 0) is 0 Å². The van der Waals surface area contributed by atoms with Gasteiger partial charge in [0.05, 0.1) is 54.9 Å². The quantitative estimate of drug-likeness (QED) is 0.0559. The molecule has 0 aliphatic carbocycles. The molecule has 4 rings (SSSR count). The second-order valence-corrected chi connectivity index (χ2v) is 18.3. The molecule has 2 aromatic heterocycles. The van der Waals surface area contributed by atoms with Gasteiger partial charge in [-0.15, -0.1) is 22.7 Å². The van der Waals surface area contributed by atoms with E-state index in [2.05, 4.69) is 108 Å². The summed E-state index contributed by atoms with van der Waals surface area (Å²) < 4.78 is 28.5. The lowest BCUT2D eigenvalue weighted by atomic mass is 9.99. The second kappa shape index (κ2) is 24.4. The minimum Gasteiger partial charge on any atom is -0.493 e. The van der Waals surface area contributed by atoms with E-state index in [4.69, 9.17) is 18.9 Å². The molecule has 0 saturated carbocycles. The SMILES string of the molecule is CCCCCCOc1cccc(OCCCCCC)c1-c1cc(Br)sc1-c1sc(Br)cc1-c1c(OCCCCCC)cccc1OCCCCCC. The second-order valence-electron chi connectivity index (χ2n) is 13.5. The van der Waals surface area contributed by atoms with Crippen molar-refractivity contribution in [3.05, 3.63) is 56.1 Å². The lowest BCUT2D eigenvalue weighted by Gasteiger charge is -2.19. The Bertz CT molecular complexity index is 1410. The van der Waals surface area contributed by atoms with Crippen molar-refractivity contribution in [2.24, 2.45) is 0 Å². The van der Waals surface area contributed by atoms with Crippen LogP contribution in [0.1, 0.15) is 130 Å². The molecule has 4 nitrogen and oxygen atoms in total. The molecule has 2 heterocycles. The van der Waals surface area contributed by atoms with Crippen molar-refractivity contribution in [3.63, 3.8) is 0 Å². The van der Waals surface area contributed by atoms with E-state index < -0.39 is 0 Å². The van der Waals surface area contributed by atoms with Gasteiger partial charge in [0, 0.05) is 11.1 Å². The summed E-state index contributed by atoms with van der Waals surface area (Å²) in [7, 11) is 0. The molecule has 0 radical (unpaired) electrons. The predicted molar refractivity (Wildman–Crippen MR) is 232 cm³/mol. The van der Waals surface area contributed by atoms with E-state index in [0.29, 0.717) is 26.4 Å². The molecule has 0 spiro atoms. The zero-order valence-corrected chi connectivity index (χ0v) is 36.8. The van der Waals surface area contributed by atoms with Gasteiger partial charge >= 0.3 is 0 Å². The fourth-order valence-electron chi connectivity index (χ4n) is 6.31. The van der Waals surface area contributed by atoms with E-state index in [0.717, 1.165) is 78.5 Å². The number of hydrogen-bond acceptors (Lipinski definition) is 6. The van der Waals surface area contributed by atoms with Crippen LogP contribution in [0.15, 0.2) is 56.1 Å². The van der Waals surface area contributed by atoms with Crippen LogP contribution in [0.4, 0.5) is 0 Å². The third-order valence-corrected chi connectivity index (χ3v) is 12.6. The zero-order chi connectivity index (χ0) is 37.0. The van der Waals surface area contributed by atoms with Gasteiger partial charge < -0.3 is 18.9 Å². The fourth-order valence-corrected chi connectivity index (χ4v) is 9.68. The van der Waals surface area contributed by atoms with Crippen molar-refractivity contribution in [2.45, 2.75) is 130 Å². The first-order chi connectivity index (χ1) is 25.5. The van der Waals surface area contributed by atoms with Crippen LogP contribution in [0.2, 0.25) is 0 Å². The van der Waals surface area contributed by atoms with Crippen LogP contribution in [0.5, 0.6) is 23.0 Å². The number of unbranched alkanes of at least 4 members (excludes halogenated alkanes) is 12. The van der Waals surface area contributed by atoms with Crippen LogP contribution in [0.25, 0.3) is 32.0 Å². The van der Waals surface area contributed by atoms with Gasteiger partial charge in [-0.05, 0) is 93.9 Å². The molecule has 0 atom stereocenters. The maximum atomic E-state index is 6.59. The molecule has 286 valence electrons. The molecular weight excluding hydrogens is 816 g/mol. The Labute approximate surface area is 339 Å². The highest BCUT2D eigenvalue weighted by molar-refractivity contribution is 9.11. The molecular formula is C44H60Br2O4S2. The van der Waals surface area contributed by atoms with Crippen molar-refractivity contribution >= 4 is 54.5 Å². The zero-order valence-electron chi connectivity index (χ0n) is 32.0. The normalized spacial score (nSPS) is 11.3. The maximum absolute atomic E-state index is 6.59. The number of benzene rings is 2. The van der Waals surface area contributed by atoms with E-state index in [-0.39, 0.29) is 0 Å². The summed E-state index contributed by atoms with van der Waals surface area (Å²) in [5.41, 5.74) is 4.27. The largest absolute Gasteiger partial charge is 0.493 e. The third kappa shape index (κ3) is 13.1. The van der Waals surface area contributed by atoms with Crippen LogP contribution in [0, 0.1) is 0 Å². The summed E-state index contributed by atoms with van der Waals surface area (Å²) >= 11 is 11.3. The molecule has 0 amide bonds. The molecule has 0 saturated heterocycles. The average molecular weight is 877 g/mol. The maximum Gasteiger partial charge on any atom is 0.130 e. The smallest absolute Gasteiger partial charge is 0.130 e. The first kappa shape index (κ1) is 42.7. The van der Waals surface area contributed by atoms with Gasteiger partial charge in [0.1, 0.15) is 23.0 Å². The minimum absolute atomic E-state index is 0.686. The highest BCUT2D eigenvalue weighted by atomic mass is 79.9. The van der Waals surface area contributed by atoms with Crippen molar-refractivity contribution in [1.29, 1.82) is 0 Å². The van der Waals surface area contributed by atoms with Crippen LogP contribution in [0.3, 0.4) is 0 Å². The van der Waals surface area contributed by atoms with Gasteiger partial charge in [0.2, 0.25) is 0 Å².